The molecular weight excluding hydrogens is 495 g/mol. The van der Waals surface area contributed by atoms with Crippen molar-refractivity contribution in [1.29, 1.82) is 0 Å². The molecular formula is C25H22F3N3O6. The Morgan fingerprint density at radius 3 is 2.27 bits per heavy atom. The van der Waals surface area contributed by atoms with E-state index in [0.29, 0.717) is 29.6 Å². The van der Waals surface area contributed by atoms with Crippen molar-refractivity contribution in [2.24, 2.45) is 0 Å². The maximum absolute atomic E-state index is 12.1. The number of methoxy groups -OCH3 is 2. The SMILES string of the molecule is COC(=O)c1cc(Cn2c(N)nc3ccc(Oc4ccccc4)cc32)ccc1OC.O=C(O)C(F)(F)F. The molecule has 3 N–H and O–H groups in total. The van der Waals surface area contributed by atoms with Gasteiger partial charge in [0.05, 0.1) is 31.8 Å². The molecule has 0 aliphatic carbocycles. The fourth-order valence-electron chi connectivity index (χ4n) is 3.28. The highest BCUT2D eigenvalue weighted by Gasteiger charge is 2.38. The molecule has 37 heavy (non-hydrogen) atoms. The third kappa shape index (κ3) is 6.69. The van der Waals surface area contributed by atoms with E-state index in [9.17, 15) is 18.0 Å². The molecule has 0 amide bonds. The number of aromatic nitrogens is 2. The molecule has 0 unspecified atom stereocenters. The number of rotatable bonds is 6. The van der Waals surface area contributed by atoms with Gasteiger partial charge in [-0.2, -0.15) is 13.2 Å². The number of nitrogens with zero attached hydrogens (tertiary/aromatic N) is 2. The number of anilines is 1. The van der Waals surface area contributed by atoms with E-state index in [1.807, 2.05) is 59.2 Å². The number of imidazole rings is 1. The van der Waals surface area contributed by atoms with Crippen molar-refractivity contribution >= 4 is 28.9 Å². The summed E-state index contributed by atoms with van der Waals surface area (Å²) in [5.74, 6) is -0.971. The Morgan fingerprint density at radius 1 is 1.00 bits per heavy atom. The summed E-state index contributed by atoms with van der Waals surface area (Å²) in [7, 11) is 2.85. The van der Waals surface area contributed by atoms with Crippen LogP contribution in [-0.4, -0.2) is 47.0 Å². The molecule has 1 aromatic heterocycles. The van der Waals surface area contributed by atoms with Crippen LogP contribution in [0.3, 0.4) is 0 Å². The summed E-state index contributed by atoms with van der Waals surface area (Å²) in [5.41, 5.74) is 8.98. The van der Waals surface area contributed by atoms with E-state index < -0.39 is 18.1 Å². The highest BCUT2D eigenvalue weighted by molar-refractivity contribution is 5.92. The van der Waals surface area contributed by atoms with E-state index >= 15 is 0 Å². The van der Waals surface area contributed by atoms with Crippen LogP contribution in [0.1, 0.15) is 15.9 Å². The highest BCUT2D eigenvalue weighted by Crippen LogP contribution is 2.28. The third-order valence-electron chi connectivity index (χ3n) is 4.98. The molecule has 1 heterocycles. The molecule has 0 fully saturated rings. The largest absolute Gasteiger partial charge is 0.496 e. The zero-order chi connectivity index (χ0) is 27.2. The minimum Gasteiger partial charge on any atom is -0.496 e. The van der Waals surface area contributed by atoms with Crippen molar-refractivity contribution in [3.8, 4) is 17.2 Å². The number of carbonyl (C=O) groups excluding carboxylic acids is 1. The van der Waals surface area contributed by atoms with Crippen LogP contribution < -0.4 is 15.2 Å². The van der Waals surface area contributed by atoms with Gasteiger partial charge in [0.25, 0.3) is 0 Å². The number of hydrogen-bond acceptors (Lipinski definition) is 7. The summed E-state index contributed by atoms with van der Waals surface area (Å²) in [6.07, 6.45) is -5.08. The van der Waals surface area contributed by atoms with Crippen LogP contribution >= 0.6 is 0 Å². The number of esters is 1. The summed E-state index contributed by atoms with van der Waals surface area (Å²) >= 11 is 0. The van der Waals surface area contributed by atoms with Gasteiger partial charge in [-0.1, -0.05) is 24.3 Å². The van der Waals surface area contributed by atoms with Gasteiger partial charge < -0.3 is 29.6 Å². The van der Waals surface area contributed by atoms with Gasteiger partial charge in [-0.3, -0.25) is 0 Å². The lowest BCUT2D eigenvalue weighted by Crippen LogP contribution is -2.21. The predicted molar refractivity (Wildman–Crippen MR) is 128 cm³/mol. The normalized spacial score (nSPS) is 10.8. The van der Waals surface area contributed by atoms with E-state index in [1.54, 1.807) is 12.1 Å². The van der Waals surface area contributed by atoms with Gasteiger partial charge in [-0.05, 0) is 42.0 Å². The summed E-state index contributed by atoms with van der Waals surface area (Å²) in [6, 6.07) is 20.5. The number of carboxylic acids is 1. The number of fused-ring (bicyclic) bond motifs is 1. The molecule has 9 nitrogen and oxygen atoms in total. The van der Waals surface area contributed by atoms with Crippen molar-refractivity contribution in [2.75, 3.05) is 20.0 Å². The quantitative estimate of drug-likeness (QED) is 0.347. The Labute approximate surface area is 208 Å². The number of benzene rings is 3. The number of aliphatic carboxylic acids is 1. The van der Waals surface area contributed by atoms with Gasteiger partial charge in [0.1, 0.15) is 22.8 Å². The molecule has 0 aliphatic heterocycles. The minimum atomic E-state index is -5.08. The first kappa shape index (κ1) is 26.9. The van der Waals surface area contributed by atoms with E-state index in [-0.39, 0.29) is 0 Å². The van der Waals surface area contributed by atoms with Gasteiger partial charge in [-0.15, -0.1) is 0 Å². The second kappa shape index (κ2) is 11.3. The lowest BCUT2D eigenvalue weighted by Gasteiger charge is -2.12. The summed E-state index contributed by atoms with van der Waals surface area (Å²) in [4.78, 5) is 25.4. The van der Waals surface area contributed by atoms with Gasteiger partial charge in [0.15, 0.2) is 0 Å². The summed E-state index contributed by atoms with van der Waals surface area (Å²) in [5, 5.41) is 7.12. The van der Waals surface area contributed by atoms with Gasteiger partial charge in [-0.25, -0.2) is 14.6 Å². The molecule has 4 rings (SSSR count). The molecule has 0 saturated heterocycles. The van der Waals surface area contributed by atoms with Crippen LogP contribution in [0.2, 0.25) is 0 Å². The van der Waals surface area contributed by atoms with E-state index in [1.165, 1.54) is 14.2 Å². The Kier molecular flexibility index (Phi) is 8.23. The molecule has 194 valence electrons. The molecule has 0 saturated carbocycles. The first-order valence-electron chi connectivity index (χ1n) is 10.6. The Morgan fingerprint density at radius 2 is 1.68 bits per heavy atom. The van der Waals surface area contributed by atoms with E-state index in [2.05, 4.69) is 4.98 Å². The van der Waals surface area contributed by atoms with Crippen LogP contribution in [0.15, 0.2) is 66.7 Å². The lowest BCUT2D eigenvalue weighted by atomic mass is 10.1. The average molecular weight is 517 g/mol. The van der Waals surface area contributed by atoms with E-state index in [4.69, 9.17) is 29.8 Å². The smallest absolute Gasteiger partial charge is 0.490 e. The van der Waals surface area contributed by atoms with Crippen molar-refractivity contribution in [3.63, 3.8) is 0 Å². The topological polar surface area (TPSA) is 126 Å². The van der Waals surface area contributed by atoms with Crippen LogP contribution in [-0.2, 0) is 16.1 Å². The Bertz CT molecular complexity index is 1400. The standard InChI is InChI=1S/C23H21N3O4.C2HF3O2/c1-28-21-11-8-15(12-18(21)22(27)29-2)14-26-20-13-17(9-10-19(20)25-23(26)24)30-16-6-4-3-5-7-16;3-2(4,5)1(6)7/h3-13H,14H2,1-2H3,(H2,24,25);(H,6,7). The van der Waals surface area contributed by atoms with Crippen molar-refractivity contribution in [3.05, 3.63) is 77.9 Å². The first-order chi connectivity index (χ1) is 17.5. The molecule has 0 spiro atoms. The van der Waals surface area contributed by atoms with Crippen LogP contribution in [0, 0.1) is 0 Å². The minimum absolute atomic E-state index is 0.355. The molecule has 4 aromatic rings. The average Bonchev–Trinajstić information content (AvgIpc) is 3.18. The second-order valence-corrected chi connectivity index (χ2v) is 7.45. The van der Waals surface area contributed by atoms with Crippen LogP contribution in [0.4, 0.5) is 19.1 Å². The van der Waals surface area contributed by atoms with Crippen molar-refractivity contribution < 1.29 is 42.1 Å². The maximum atomic E-state index is 12.1. The van der Waals surface area contributed by atoms with Crippen LogP contribution in [0.5, 0.6) is 17.2 Å². The molecule has 0 bridgehead atoms. The van der Waals surface area contributed by atoms with Crippen LogP contribution in [0.25, 0.3) is 11.0 Å². The monoisotopic (exact) mass is 517 g/mol. The number of nitrogens with two attached hydrogens (primary N) is 1. The number of alkyl halides is 3. The molecule has 0 radical (unpaired) electrons. The number of ether oxygens (including phenoxy) is 3. The zero-order valence-corrected chi connectivity index (χ0v) is 19.7. The van der Waals surface area contributed by atoms with E-state index in [0.717, 1.165) is 22.3 Å². The number of carboxylic acid groups (broad SMARTS) is 1. The Balaban J connectivity index is 0.000000479. The predicted octanol–water partition coefficient (Wildman–Crippen LogP) is 4.89. The number of para-hydroxylation sites is 1. The summed E-state index contributed by atoms with van der Waals surface area (Å²) < 4.78 is 49.7. The highest BCUT2D eigenvalue weighted by atomic mass is 19.4. The van der Waals surface area contributed by atoms with Gasteiger partial charge in [0, 0.05) is 6.07 Å². The van der Waals surface area contributed by atoms with Crippen molar-refractivity contribution in [2.45, 2.75) is 12.7 Å². The fraction of sp³-hybridized carbons (Fsp3) is 0.160. The Hall–Kier alpha value is -4.74. The lowest BCUT2D eigenvalue weighted by molar-refractivity contribution is -0.192. The molecule has 0 aliphatic rings. The fourth-order valence-corrected chi connectivity index (χ4v) is 3.28. The number of hydrogen-bond donors (Lipinski definition) is 2. The summed E-state index contributed by atoms with van der Waals surface area (Å²) in [6.45, 7) is 0.422. The van der Waals surface area contributed by atoms with Gasteiger partial charge >= 0.3 is 18.1 Å². The molecule has 0 atom stereocenters. The number of halogens is 3. The number of carbonyl (C=O) groups is 2. The number of nitrogen functional groups attached to an aromatic ring is 1. The zero-order valence-electron chi connectivity index (χ0n) is 19.7. The van der Waals surface area contributed by atoms with Crippen molar-refractivity contribution in [1.82, 2.24) is 9.55 Å². The first-order valence-corrected chi connectivity index (χ1v) is 10.6. The second-order valence-electron chi connectivity index (χ2n) is 7.45. The molecule has 12 heteroatoms. The third-order valence-corrected chi connectivity index (χ3v) is 4.98. The molecule has 3 aromatic carbocycles. The van der Waals surface area contributed by atoms with Gasteiger partial charge in [0.2, 0.25) is 5.95 Å². The maximum Gasteiger partial charge on any atom is 0.490 e.